The lowest BCUT2D eigenvalue weighted by atomic mass is 10.0. The van der Waals surface area contributed by atoms with Gasteiger partial charge in [-0.05, 0) is 76.3 Å². The molecule has 1 rings (SSSR count). The second-order valence-electron chi connectivity index (χ2n) is 16.5. The smallest absolute Gasteiger partial charge is 0.466 e. The number of nitrogens with zero attached hydrogens (tertiary/aromatic N) is 1. The van der Waals surface area contributed by atoms with Gasteiger partial charge in [0, 0.05) is 25.7 Å². The molecular formula is C46H81NO10P+. The van der Waals surface area contributed by atoms with E-state index in [2.05, 4.69) is 33.8 Å². The molecule has 0 bridgehead atoms. The summed E-state index contributed by atoms with van der Waals surface area (Å²) in [5.41, 5.74) is 2.62. The summed E-state index contributed by atoms with van der Waals surface area (Å²) < 4.78 is 40.4. The predicted octanol–water partition coefficient (Wildman–Crippen LogP) is 10.8. The number of ether oxygens (including phenoxy) is 2. The highest BCUT2D eigenvalue weighted by Gasteiger charge is 2.27. The Morgan fingerprint density at radius 1 is 0.741 bits per heavy atom. The van der Waals surface area contributed by atoms with Gasteiger partial charge < -0.3 is 28.4 Å². The first-order chi connectivity index (χ1) is 27.7. The van der Waals surface area contributed by atoms with Crippen LogP contribution >= 0.6 is 7.82 Å². The Kier molecular flexibility index (Phi) is 29.8. The molecule has 1 heterocycles. The van der Waals surface area contributed by atoms with E-state index in [1.165, 1.54) is 24.0 Å². The number of esters is 2. The van der Waals surface area contributed by atoms with E-state index in [9.17, 15) is 24.2 Å². The van der Waals surface area contributed by atoms with Gasteiger partial charge in [0.25, 0.3) is 0 Å². The zero-order valence-electron chi connectivity index (χ0n) is 37.4. The summed E-state index contributed by atoms with van der Waals surface area (Å²) in [6, 6.07) is 0. The van der Waals surface area contributed by atoms with E-state index in [1.54, 1.807) is 6.08 Å². The molecule has 0 saturated carbocycles. The molecule has 0 aliphatic rings. The van der Waals surface area contributed by atoms with Crippen LogP contribution in [-0.2, 0) is 45.5 Å². The van der Waals surface area contributed by atoms with E-state index in [0.717, 1.165) is 101 Å². The van der Waals surface area contributed by atoms with Crippen molar-refractivity contribution in [2.24, 2.45) is 0 Å². The number of furan rings is 1. The predicted molar refractivity (Wildman–Crippen MR) is 234 cm³/mol. The number of rotatable bonds is 36. The molecule has 334 valence electrons. The van der Waals surface area contributed by atoms with E-state index in [4.69, 9.17) is 22.9 Å². The molecular weight excluding hydrogens is 757 g/mol. The lowest BCUT2D eigenvalue weighted by Crippen LogP contribution is -2.37. The van der Waals surface area contributed by atoms with Crippen LogP contribution in [0.3, 0.4) is 0 Å². The number of carbonyl (C=O) groups excluding carboxylic acids is 2. The van der Waals surface area contributed by atoms with Gasteiger partial charge in [0.15, 0.2) is 6.10 Å². The maximum Gasteiger partial charge on any atom is 0.472 e. The molecule has 0 aromatic carbocycles. The second-order valence-corrected chi connectivity index (χ2v) is 17.9. The molecule has 0 radical (unpaired) electrons. The molecule has 0 aliphatic carbocycles. The highest BCUT2D eigenvalue weighted by atomic mass is 31.2. The van der Waals surface area contributed by atoms with Crippen LogP contribution in [0.2, 0.25) is 0 Å². The van der Waals surface area contributed by atoms with Crippen LogP contribution in [-0.4, -0.2) is 86.1 Å². The fourth-order valence-corrected chi connectivity index (χ4v) is 6.95. The van der Waals surface area contributed by atoms with Crippen LogP contribution in [0, 0.1) is 13.8 Å². The largest absolute Gasteiger partial charge is 0.472 e. The molecule has 12 heteroatoms. The molecule has 2 unspecified atom stereocenters. The van der Waals surface area contributed by atoms with Crippen LogP contribution in [0.5, 0.6) is 0 Å². The number of hydrogen-bond donors (Lipinski definition) is 2. The maximum absolute atomic E-state index is 12.7. The van der Waals surface area contributed by atoms with Crippen molar-refractivity contribution < 1.29 is 51.6 Å². The third kappa shape index (κ3) is 28.8. The first-order valence-corrected chi connectivity index (χ1v) is 23.7. The van der Waals surface area contributed by atoms with Crippen LogP contribution in [0.4, 0.5) is 0 Å². The normalized spacial score (nSPS) is 14.4. The Hall–Kier alpha value is -2.53. The number of aliphatic hydroxyl groups excluding tert-OH is 1. The Morgan fingerprint density at radius 3 is 1.95 bits per heavy atom. The highest BCUT2D eigenvalue weighted by molar-refractivity contribution is 7.47. The summed E-state index contributed by atoms with van der Waals surface area (Å²) in [5, 5.41) is 9.89. The summed E-state index contributed by atoms with van der Waals surface area (Å²) in [6.07, 6.45) is 29.4. The zero-order chi connectivity index (χ0) is 43.1. The summed E-state index contributed by atoms with van der Waals surface area (Å²) in [7, 11) is 1.41. The Morgan fingerprint density at radius 2 is 1.33 bits per heavy atom. The number of carbonyl (C=O) groups is 2. The standard InChI is InChI=1S/C46H80NO10P/c1-8-10-24-30-41(48)31-25-20-16-12-11-13-18-22-27-33-45(49)53-37-42(38-55-58(51,52)54-36-35-47(5,6)7)56-46(50)34-28-23-19-15-14-17-21-26-32-44-40(4)39(3)43(57-44)29-9-2/h10,16,20,24-25,31,41-42,48H,8-9,11-15,17-19,21-23,26-30,32-38H2,1-7H3/p+1/b20-16+,24-10+,31-25+/t41?,42-/m1/s1. The van der Waals surface area contributed by atoms with Crippen molar-refractivity contribution in [3.8, 4) is 0 Å². The first-order valence-electron chi connectivity index (χ1n) is 22.2. The van der Waals surface area contributed by atoms with Crippen molar-refractivity contribution in [3.05, 3.63) is 59.1 Å². The van der Waals surface area contributed by atoms with Gasteiger partial charge in [-0.25, -0.2) is 4.57 Å². The Labute approximate surface area is 351 Å². The van der Waals surface area contributed by atoms with Crippen LogP contribution in [0.15, 0.2) is 40.9 Å². The van der Waals surface area contributed by atoms with Crippen molar-refractivity contribution in [2.75, 3.05) is 47.5 Å². The minimum absolute atomic E-state index is 0.0114. The summed E-state index contributed by atoms with van der Waals surface area (Å²) in [6.45, 7) is 8.38. The lowest BCUT2D eigenvalue weighted by molar-refractivity contribution is -0.870. The van der Waals surface area contributed by atoms with Crippen LogP contribution < -0.4 is 0 Å². The van der Waals surface area contributed by atoms with Gasteiger partial charge in [0.05, 0.1) is 33.9 Å². The molecule has 1 aromatic heterocycles. The van der Waals surface area contributed by atoms with Gasteiger partial charge >= 0.3 is 19.8 Å². The molecule has 2 N–H and O–H groups in total. The molecule has 0 fully saturated rings. The number of phosphoric acid groups is 1. The topological polar surface area (TPSA) is 142 Å². The fraction of sp³-hybridized carbons (Fsp3) is 0.739. The van der Waals surface area contributed by atoms with Crippen molar-refractivity contribution in [1.82, 2.24) is 0 Å². The molecule has 0 amide bonds. The summed E-state index contributed by atoms with van der Waals surface area (Å²) >= 11 is 0. The number of unbranched alkanes of at least 4 members (excludes halogenated alkanes) is 12. The van der Waals surface area contributed by atoms with E-state index in [1.807, 2.05) is 45.4 Å². The molecule has 0 saturated heterocycles. The quantitative estimate of drug-likeness (QED) is 0.0167. The van der Waals surface area contributed by atoms with Crippen molar-refractivity contribution in [3.63, 3.8) is 0 Å². The van der Waals surface area contributed by atoms with Gasteiger partial charge in [-0.1, -0.05) is 108 Å². The minimum atomic E-state index is -4.40. The van der Waals surface area contributed by atoms with Gasteiger partial charge in [0.2, 0.25) is 0 Å². The number of aliphatic hydroxyl groups is 1. The average Bonchev–Trinajstić information content (AvgIpc) is 3.42. The molecule has 11 nitrogen and oxygen atoms in total. The van der Waals surface area contributed by atoms with Crippen molar-refractivity contribution in [1.29, 1.82) is 0 Å². The Bertz CT molecular complexity index is 1380. The van der Waals surface area contributed by atoms with E-state index in [-0.39, 0.29) is 26.1 Å². The number of hydrogen-bond acceptors (Lipinski definition) is 9. The number of aryl methyl sites for hydroxylation is 2. The van der Waals surface area contributed by atoms with Gasteiger partial charge in [-0.3, -0.25) is 18.6 Å². The number of allylic oxidation sites excluding steroid dienone is 4. The highest BCUT2D eigenvalue weighted by Crippen LogP contribution is 2.43. The average molecular weight is 839 g/mol. The molecule has 0 spiro atoms. The van der Waals surface area contributed by atoms with Gasteiger partial charge in [-0.2, -0.15) is 0 Å². The van der Waals surface area contributed by atoms with E-state index >= 15 is 0 Å². The molecule has 0 aliphatic heterocycles. The molecule has 3 atom stereocenters. The number of likely N-dealkylation sites (N-methyl/N-ethyl adjacent to an activating group) is 1. The fourth-order valence-electron chi connectivity index (χ4n) is 6.21. The maximum atomic E-state index is 12.7. The minimum Gasteiger partial charge on any atom is -0.466 e. The summed E-state index contributed by atoms with van der Waals surface area (Å²) in [5.74, 6) is 1.41. The first kappa shape index (κ1) is 53.5. The second kappa shape index (κ2) is 32.3. The summed E-state index contributed by atoms with van der Waals surface area (Å²) in [4.78, 5) is 35.5. The zero-order valence-corrected chi connectivity index (χ0v) is 38.2. The Balaban J connectivity index is 2.37. The SMILES string of the molecule is CC/C=C/CC(O)/C=C/C=C/CCCCCCCC(=O)OC[C@H](COP(=O)(O)OCC[N+](C)(C)C)OC(=O)CCCCCCCCCCc1oc(CCC)c(C)c1C. The number of quaternary nitrogens is 1. The van der Waals surface area contributed by atoms with Crippen molar-refractivity contribution >= 4 is 19.8 Å². The molecule has 1 aromatic rings. The van der Waals surface area contributed by atoms with Gasteiger partial charge in [-0.15, -0.1) is 0 Å². The lowest BCUT2D eigenvalue weighted by Gasteiger charge is -2.24. The van der Waals surface area contributed by atoms with Gasteiger partial charge in [0.1, 0.15) is 31.3 Å². The van der Waals surface area contributed by atoms with Crippen molar-refractivity contribution in [2.45, 2.75) is 175 Å². The van der Waals surface area contributed by atoms with E-state index in [0.29, 0.717) is 30.3 Å². The number of phosphoric ester groups is 1. The third-order valence-electron chi connectivity index (χ3n) is 9.94. The molecule has 58 heavy (non-hydrogen) atoms. The monoisotopic (exact) mass is 839 g/mol. The van der Waals surface area contributed by atoms with Crippen LogP contribution in [0.25, 0.3) is 0 Å². The van der Waals surface area contributed by atoms with Crippen LogP contribution in [0.1, 0.15) is 158 Å². The van der Waals surface area contributed by atoms with E-state index < -0.39 is 38.6 Å². The third-order valence-corrected chi connectivity index (χ3v) is 10.9.